The molecule has 2 nitrogen and oxygen atoms in total. The highest BCUT2D eigenvalue weighted by Gasteiger charge is 2.12. The van der Waals surface area contributed by atoms with Gasteiger partial charge >= 0.3 is 0 Å². The summed E-state index contributed by atoms with van der Waals surface area (Å²) < 4.78 is 1.15. The number of benzene rings is 1. The number of hydrogen-bond donors (Lipinski definition) is 1. The maximum Gasteiger partial charge on any atom is 0.176 e. The Bertz CT molecular complexity index is 343. The summed E-state index contributed by atoms with van der Waals surface area (Å²) in [5, 5.41) is 3.18. The maximum atomic E-state index is 11.7. The van der Waals surface area contributed by atoms with Crippen molar-refractivity contribution in [2.45, 2.75) is 26.3 Å². The third-order valence-corrected chi connectivity index (χ3v) is 2.66. The van der Waals surface area contributed by atoms with Crippen molar-refractivity contribution in [1.29, 1.82) is 0 Å². The summed E-state index contributed by atoms with van der Waals surface area (Å²) in [5.74, 6) is 0.140. The monoisotopic (exact) mass is 353 g/mol. The van der Waals surface area contributed by atoms with Crippen LogP contribution in [0.4, 0.5) is 0 Å². The first-order valence-electron chi connectivity index (χ1n) is 4.92. The van der Waals surface area contributed by atoms with Crippen LogP contribution >= 0.6 is 35.0 Å². The first kappa shape index (κ1) is 15.9. The Kier molecular flexibility index (Phi) is 6.51. The van der Waals surface area contributed by atoms with E-state index in [1.165, 1.54) is 0 Å². The molecule has 4 heteroatoms. The van der Waals surface area contributed by atoms with Gasteiger partial charge in [-0.3, -0.25) is 4.79 Å². The highest BCUT2D eigenvalue weighted by atomic mass is 127. The molecule has 0 aliphatic heterocycles. The largest absolute Gasteiger partial charge is 0.305 e. The Morgan fingerprint density at radius 1 is 1.25 bits per heavy atom. The molecule has 0 aliphatic rings. The summed E-state index contributed by atoms with van der Waals surface area (Å²) >= 11 is 2.23. The van der Waals surface area contributed by atoms with E-state index >= 15 is 0 Å². The van der Waals surface area contributed by atoms with Gasteiger partial charge in [-0.05, 0) is 55.5 Å². The minimum absolute atomic E-state index is 0. The van der Waals surface area contributed by atoms with E-state index in [9.17, 15) is 4.79 Å². The van der Waals surface area contributed by atoms with Gasteiger partial charge in [0, 0.05) is 14.7 Å². The summed E-state index contributed by atoms with van der Waals surface area (Å²) in [6, 6.07) is 7.64. The molecule has 0 amide bonds. The number of hydrogen-bond acceptors (Lipinski definition) is 2. The van der Waals surface area contributed by atoms with Crippen LogP contribution in [0.5, 0.6) is 0 Å². The van der Waals surface area contributed by atoms with Crippen LogP contribution in [0.2, 0.25) is 0 Å². The average molecular weight is 354 g/mol. The first-order chi connectivity index (χ1) is 6.88. The van der Waals surface area contributed by atoms with E-state index in [0.717, 1.165) is 9.13 Å². The SMILES string of the molecule is CC(C)(C)NCC(=O)c1ccc(I)cc1.Cl. The molecule has 1 aromatic carbocycles. The van der Waals surface area contributed by atoms with E-state index in [0.29, 0.717) is 6.54 Å². The molecule has 0 saturated heterocycles. The molecule has 0 heterocycles. The molecule has 1 rings (SSSR count). The molecule has 0 atom stereocenters. The number of halogens is 2. The molecular formula is C12H17ClINO. The molecule has 0 aromatic heterocycles. The van der Waals surface area contributed by atoms with Crippen molar-refractivity contribution in [3.8, 4) is 0 Å². The van der Waals surface area contributed by atoms with E-state index in [1.54, 1.807) is 0 Å². The molecular weight excluding hydrogens is 336 g/mol. The van der Waals surface area contributed by atoms with E-state index in [1.807, 2.05) is 45.0 Å². The van der Waals surface area contributed by atoms with Gasteiger partial charge in [-0.25, -0.2) is 0 Å². The second-order valence-corrected chi connectivity index (χ2v) is 5.78. The van der Waals surface area contributed by atoms with Crippen molar-refractivity contribution in [1.82, 2.24) is 5.32 Å². The number of carbonyl (C=O) groups excluding carboxylic acids is 1. The van der Waals surface area contributed by atoms with Gasteiger partial charge in [0.15, 0.2) is 5.78 Å². The Hall–Kier alpha value is -0.130. The van der Waals surface area contributed by atoms with Crippen molar-refractivity contribution in [3.63, 3.8) is 0 Å². The molecule has 1 aromatic rings. The molecule has 0 radical (unpaired) electrons. The summed E-state index contributed by atoms with van der Waals surface area (Å²) in [6.07, 6.45) is 0. The zero-order valence-electron chi connectivity index (χ0n) is 9.71. The molecule has 0 spiro atoms. The van der Waals surface area contributed by atoms with Gasteiger partial charge in [0.05, 0.1) is 6.54 Å². The Morgan fingerprint density at radius 2 is 1.75 bits per heavy atom. The normalized spacial score (nSPS) is 10.8. The molecule has 0 fully saturated rings. The summed E-state index contributed by atoms with van der Waals surface area (Å²) in [5.41, 5.74) is 0.756. The summed E-state index contributed by atoms with van der Waals surface area (Å²) in [6.45, 7) is 6.54. The molecule has 1 N–H and O–H groups in total. The fourth-order valence-electron chi connectivity index (χ4n) is 1.08. The smallest absolute Gasteiger partial charge is 0.176 e. The quantitative estimate of drug-likeness (QED) is 0.667. The van der Waals surface area contributed by atoms with E-state index < -0.39 is 0 Å². The Morgan fingerprint density at radius 3 is 2.19 bits per heavy atom. The lowest BCUT2D eigenvalue weighted by atomic mass is 10.1. The molecule has 0 unspecified atom stereocenters. The second kappa shape index (κ2) is 6.57. The standard InChI is InChI=1S/C12H16INO.ClH/c1-12(2,3)14-8-11(15)9-4-6-10(13)7-5-9;/h4-7,14H,8H2,1-3H3;1H. The van der Waals surface area contributed by atoms with Crippen LogP contribution in [0, 0.1) is 3.57 Å². The zero-order valence-corrected chi connectivity index (χ0v) is 12.7. The van der Waals surface area contributed by atoms with Crippen LogP contribution in [0.15, 0.2) is 24.3 Å². The van der Waals surface area contributed by atoms with Crippen molar-refractivity contribution in [3.05, 3.63) is 33.4 Å². The maximum absolute atomic E-state index is 11.7. The van der Waals surface area contributed by atoms with Gasteiger partial charge in [-0.1, -0.05) is 12.1 Å². The van der Waals surface area contributed by atoms with Crippen molar-refractivity contribution in [2.24, 2.45) is 0 Å². The zero-order chi connectivity index (χ0) is 11.5. The van der Waals surface area contributed by atoms with Crippen LogP contribution < -0.4 is 5.32 Å². The van der Waals surface area contributed by atoms with Crippen molar-refractivity contribution >= 4 is 40.8 Å². The number of Topliss-reactive ketones (excluding diaryl/α,β-unsaturated/α-hetero) is 1. The van der Waals surface area contributed by atoms with E-state index in [4.69, 9.17) is 0 Å². The fourth-order valence-corrected chi connectivity index (χ4v) is 1.44. The molecule has 16 heavy (non-hydrogen) atoms. The highest BCUT2D eigenvalue weighted by Crippen LogP contribution is 2.07. The van der Waals surface area contributed by atoms with E-state index in [-0.39, 0.29) is 23.7 Å². The number of ketones is 1. The lowest BCUT2D eigenvalue weighted by molar-refractivity contribution is 0.0982. The van der Waals surface area contributed by atoms with Crippen LogP contribution in [0.3, 0.4) is 0 Å². The third kappa shape index (κ3) is 5.82. The van der Waals surface area contributed by atoms with Crippen molar-refractivity contribution < 1.29 is 4.79 Å². The number of carbonyl (C=O) groups is 1. The fraction of sp³-hybridized carbons (Fsp3) is 0.417. The van der Waals surface area contributed by atoms with Gasteiger partial charge in [0.2, 0.25) is 0 Å². The molecule has 90 valence electrons. The second-order valence-electron chi connectivity index (χ2n) is 4.53. The average Bonchev–Trinajstić information content (AvgIpc) is 2.14. The molecule has 0 bridgehead atoms. The van der Waals surface area contributed by atoms with E-state index in [2.05, 4.69) is 27.9 Å². The Balaban J connectivity index is 0.00000225. The minimum atomic E-state index is -0.0150. The predicted octanol–water partition coefficient (Wildman–Crippen LogP) is 3.28. The highest BCUT2D eigenvalue weighted by molar-refractivity contribution is 14.1. The van der Waals surface area contributed by atoms with Crippen LogP contribution in [0.25, 0.3) is 0 Å². The molecule has 0 saturated carbocycles. The van der Waals surface area contributed by atoms with Gasteiger partial charge in [-0.15, -0.1) is 12.4 Å². The van der Waals surface area contributed by atoms with Gasteiger partial charge in [0.1, 0.15) is 0 Å². The third-order valence-electron chi connectivity index (χ3n) is 1.95. The lowest BCUT2D eigenvalue weighted by Crippen LogP contribution is -2.39. The lowest BCUT2D eigenvalue weighted by Gasteiger charge is -2.19. The predicted molar refractivity (Wildman–Crippen MR) is 78.5 cm³/mol. The topological polar surface area (TPSA) is 29.1 Å². The van der Waals surface area contributed by atoms with Crippen LogP contribution in [-0.4, -0.2) is 17.9 Å². The van der Waals surface area contributed by atoms with Gasteiger partial charge in [-0.2, -0.15) is 0 Å². The Labute approximate surface area is 117 Å². The van der Waals surface area contributed by atoms with Crippen molar-refractivity contribution in [2.75, 3.05) is 6.54 Å². The minimum Gasteiger partial charge on any atom is -0.305 e. The number of rotatable bonds is 3. The first-order valence-corrected chi connectivity index (χ1v) is 6.00. The summed E-state index contributed by atoms with van der Waals surface area (Å²) in [7, 11) is 0. The molecule has 0 aliphatic carbocycles. The van der Waals surface area contributed by atoms with Gasteiger partial charge in [0.25, 0.3) is 0 Å². The van der Waals surface area contributed by atoms with Crippen LogP contribution in [0.1, 0.15) is 31.1 Å². The number of nitrogens with one attached hydrogen (secondary N) is 1. The van der Waals surface area contributed by atoms with Crippen LogP contribution in [-0.2, 0) is 0 Å². The van der Waals surface area contributed by atoms with Gasteiger partial charge < -0.3 is 5.32 Å². The summed E-state index contributed by atoms with van der Waals surface area (Å²) in [4.78, 5) is 11.7.